The van der Waals surface area contributed by atoms with Gasteiger partial charge in [0.15, 0.2) is 0 Å². The van der Waals surface area contributed by atoms with E-state index in [0.717, 1.165) is 0 Å². The molecule has 1 amide bonds. The summed E-state index contributed by atoms with van der Waals surface area (Å²) in [5.74, 6) is -0.512. The highest BCUT2D eigenvalue weighted by atomic mass is 16.3. The third-order valence-corrected chi connectivity index (χ3v) is 1.98. The standard InChI is InChI=1S/C10H14N2O3/c1-7(3-5-13)12-10(15)8-2-4-11-6-9(8)14/h2,4,6-7,13-14H,3,5H2,1H3,(H,12,15). The van der Waals surface area contributed by atoms with Crippen LogP contribution in [-0.2, 0) is 0 Å². The Morgan fingerprint density at radius 1 is 1.67 bits per heavy atom. The summed E-state index contributed by atoms with van der Waals surface area (Å²) in [6.45, 7) is 1.80. The van der Waals surface area contributed by atoms with Gasteiger partial charge < -0.3 is 15.5 Å². The molecule has 1 rings (SSSR count). The molecule has 1 heterocycles. The maximum atomic E-state index is 11.6. The van der Waals surface area contributed by atoms with Gasteiger partial charge in [0.25, 0.3) is 5.91 Å². The van der Waals surface area contributed by atoms with Crippen LogP contribution in [0.15, 0.2) is 18.5 Å². The minimum atomic E-state index is -0.365. The van der Waals surface area contributed by atoms with E-state index in [9.17, 15) is 9.90 Å². The van der Waals surface area contributed by atoms with Gasteiger partial charge in [0.2, 0.25) is 0 Å². The number of carbonyl (C=O) groups is 1. The van der Waals surface area contributed by atoms with Gasteiger partial charge in [0.05, 0.1) is 11.8 Å². The second-order valence-electron chi connectivity index (χ2n) is 3.28. The van der Waals surface area contributed by atoms with Gasteiger partial charge in [-0.1, -0.05) is 0 Å². The first-order valence-electron chi connectivity index (χ1n) is 4.70. The van der Waals surface area contributed by atoms with Crippen LogP contribution < -0.4 is 5.32 Å². The Balaban J connectivity index is 2.65. The molecule has 5 nitrogen and oxygen atoms in total. The lowest BCUT2D eigenvalue weighted by Gasteiger charge is -2.12. The lowest BCUT2D eigenvalue weighted by Crippen LogP contribution is -2.33. The zero-order valence-electron chi connectivity index (χ0n) is 8.47. The Labute approximate surface area is 87.8 Å². The zero-order valence-corrected chi connectivity index (χ0v) is 8.47. The lowest BCUT2D eigenvalue weighted by atomic mass is 10.2. The SMILES string of the molecule is CC(CCO)NC(=O)c1ccncc1O. The highest BCUT2D eigenvalue weighted by Gasteiger charge is 2.12. The molecule has 0 aliphatic carbocycles. The zero-order chi connectivity index (χ0) is 11.3. The number of aromatic hydroxyl groups is 1. The first-order valence-corrected chi connectivity index (χ1v) is 4.70. The van der Waals surface area contributed by atoms with Crippen molar-refractivity contribution in [1.29, 1.82) is 0 Å². The molecule has 15 heavy (non-hydrogen) atoms. The molecule has 1 unspecified atom stereocenters. The Hall–Kier alpha value is -1.62. The van der Waals surface area contributed by atoms with Crippen molar-refractivity contribution >= 4 is 5.91 Å². The smallest absolute Gasteiger partial charge is 0.255 e. The summed E-state index contributed by atoms with van der Waals surface area (Å²) in [5.41, 5.74) is 0.190. The second kappa shape index (κ2) is 5.31. The summed E-state index contributed by atoms with van der Waals surface area (Å²) in [4.78, 5) is 15.2. The van der Waals surface area contributed by atoms with Crippen LogP contribution in [-0.4, -0.2) is 33.8 Å². The lowest BCUT2D eigenvalue weighted by molar-refractivity contribution is 0.0931. The van der Waals surface area contributed by atoms with Gasteiger partial charge in [0.1, 0.15) is 5.75 Å². The summed E-state index contributed by atoms with van der Waals surface area (Å²) in [6, 6.07) is 1.31. The molecule has 1 aromatic rings. The largest absolute Gasteiger partial charge is 0.505 e. The fourth-order valence-electron chi connectivity index (χ4n) is 1.15. The van der Waals surface area contributed by atoms with E-state index in [1.807, 2.05) is 0 Å². The van der Waals surface area contributed by atoms with Crippen LogP contribution in [0.2, 0.25) is 0 Å². The number of amides is 1. The van der Waals surface area contributed by atoms with E-state index in [1.165, 1.54) is 18.5 Å². The summed E-state index contributed by atoms with van der Waals surface area (Å²) in [7, 11) is 0. The molecule has 0 aliphatic heterocycles. The maximum Gasteiger partial charge on any atom is 0.255 e. The number of rotatable bonds is 4. The average Bonchev–Trinajstić information content (AvgIpc) is 2.18. The fraction of sp³-hybridized carbons (Fsp3) is 0.400. The molecule has 0 aromatic carbocycles. The first-order chi connectivity index (χ1) is 7.15. The molecule has 1 aromatic heterocycles. The van der Waals surface area contributed by atoms with Crippen molar-refractivity contribution in [3.8, 4) is 5.75 Å². The quantitative estimate of drug-likeness (QED) is 0.667. The summed E-state index contributed by atoms with van der Waals surface area (Å²) in [6.07, 6.45) is 3.13. The summed E-state index contributed by atoms with van der Waals surface area (Å²) in [5, 5.41) is 20.7. The van der Waals surface area contributed by atoms with Gasteiger partial charge in [-0.05, 0) is 19.4 Å². The molecule has 82 valence electrons. The molecular weight excluding hydrogens is 196 g/mol. The van der Waals surface area contributed by atoms with Gasteiger partial charge in [0, 0.05) is 18.8 Å². The van der Waals surface area contributed by atoms with Gasteiger partial charge in [-0.2, -0.15) is 0 Å². The first kappa shape index (κ1) is 11.5. The fourth-order valence-corrected chi connectivity index (χ4v) is 1.15. The van der Waals surface area contributed by atoms with Crippen molar-refractivity contribution in [3.05, 3.63) is 24.0 Å². The van der Waals surface area contributed by atoms with Gasteiger partial charge >= 0.3 is 0 Å². The predicted octanol–water partition coefficient (Wildman–Crippen LogP) is 0.288. The van der Waals surface area contributed by atoms with E-state index in [-0.39, 0.29) is 29.9 Å². The van der Waals surface area contributed by atoms with Crippen LogP contribution in [0.5, 0.6) is 5.75 Å². The number of aliphatic hydroxyl groups is 1. The minimum Gasteiger partial charge on any atom is -0.505 e. The van der Waals surface area contributed by atoms with Crippen LogP contribution in [0.3, 0.4) is 0 Å². The Bertz CT molecular complexity index is 341. The van der Waals surface area contributed by atoms with Crippen molar-refractivity contribution in [1.82, 2.24) is 10.3 Å². The topological polar surface area (TPSA) is 82.5 Å². The van der Waals surface area contributed by atoms with Gasteiger partial charge in [-0.25, -0.2) is 0 Å². The Kier molecular flexibility index (Phi) is 4.05. The number of nitrogens with one attached hydrogen (secondary N) is 1. The molecule has 0 saturated heterocycles. The number of nitrogens with zero attached hydrogens (tertiary/aromatic N) is 1. The van der Waals surface area contributed by atoms with Crippen molar-refractivity contribution < 1.29 is 15.0 Å². The molecule has 0 aliphatic rings. The third-order valence-electron chi connectivity index (χ3n) is 1.98. The molecule has 3 N–H and O–H groups in total. The van der Waals surface area contributed by atoms with Crippen LogP contribution >= 0.6 is 0 Å². The van der Waals surface area contributed by atoms with E-state index < -0.39 is 0 Å². The van der Waals surface area contributed by atoms with E-state index in [4.69, 9.17) is 5.11 Å². The molecule has 0 saturated carbocycles. The predicted molar refractivity (Wildman–Crippen MR) is 54.5 cm³/mol. The normalized spacial score (nSPS) is 12.1. The molecule has 0 spiro atoms. The van der Waals surface area contributed by atoms with Crippen LogP contribution in [0.25, 0.3) is 0 Å². The van der Waals surface area contributed by atoms with Crippen LogP contribution in [0.4, 0.5) is 0 Å². The molecule has 1 atom stereocenters. The van der Waals surface area contributed by atoms with Crippen LogP contribution in [0.1, 0.15) is 23.7 Å². The summed E-state index contributed by atoms with van der Waals surface area (Å²) < 4.78 is 0. The molecule has 0 radical (unpaired) electrons. The number of aliphatic hydroxyl groups excluding tert-OH is 1. The van der Waals surface area contributed by atoms with E-state index in [1.54, 1.807) is 6.92 Å². The van der Waals surface area contributed by atoms with Crippen molar-refractivity contribution in [2.75, 3.05) is 6.61 Å². The number of carbonyl (C=O) groups excluding carboxylic acids is 1. The number of pyridine rings is 1. The van der Waals surface area contributed by atoms with Gasteiger partial charge in [-0.3, -0.25) is 9.78 Å². The molecular formula is C10H14N2O3. The van der Waals surface area contributed by atoms with Crippen molar-refractivity contribution in [2.45, 2.75) is 19.4 Å². The molecule has 5 heteroatoms. The highest BCUT2D eigenvalue weighted by molar-refractivity contribution is 5.96. The Morgan fingerprint density at radius 3 is 3.00 bits per heavy atom. The third kappa shape index (κ3) is 3.21. The molecule has 0 bridgehead atoms. The van der Waals surface area contributed by atoms with Crippen molar-refractivity contribution in [3.63, 3.8) is 0 Å². The van der Waals surface area contributed by atoms with E-state index >= 15 is 0 Å². The average molecular weight is 210 g/mol. The monoisotopic (exact) mass is 210 g/mol. The van der Waals surface area contributed by atoms with E-state index in [2.05, 4.69) is 10.3 Å². The minimum absolute atomic E-state index is 0.0176. The van der Waals surface area contributed by atoms with Gasteiger partial charge in [-0.15, -0.1) is 0 Å². The number of aromatic nitrogens is 1. The highest BCUT2D eigenvalue weighted by Crippen LogP contribution is 2.13. The second-order valence-corrected chi connectivity index (χ2v) is 3.28. The summed E-state index contributed by atoms with van der Waals surface area (Å²) >= 11 is 0. The number of hydrogen-bond donors (Lipinski definition) is 3. The Morgan fingerprint density at radius 2 is 2.40 bits per heavy atom. The van der Waals surface area contributed by atoms with Crippen LogP contribution in [0, 0.1) is 0 Å². The van der Waals surface area contributed by atoms with Crippen molar-refractivity contribution in [2.24, 2.45) is 0 Å². The maximum absolute atomic E-state index is 11.6. The van der Waals surface area contributed by atoms with E-state index in [0.29, 0.717) is 6.42 Å². The molecule has 0 fully saturated rings. The number of hydrogen-bond acceptors (Lipinski definition) is 4.